The van der Waals surface area contributed by atoms with Gasteiger partial charge in [-0.1, -0.05) is 6.92 Å². The monoisotopic (exact) mass is 202 g/mol. The molecule has 0 spiro atoms. The van der Waals surface area contributed by atoms with Crippen LogP contribution >= 0.6 is 0 Å². The maximum atomic E-state index is 13.2. The van der Waals surface area contributed by atoms with Gasteiger partial charge >= 0.3 is 8.74 Å². The van der Waals surface area contributed by atoms with Gasteiger partial charge in [0.2, 0.25) is 0 Å². The third kappa shape index (κ3) is 2.05. The van der Waals surface area contributed by atoms with Gasteiger partial charge in [0.05, 0.1) is 18.1 Å². The molecule has 0 aliphatic carbocycles. The highest BCUT2D eigenvalue weighted by Crippen LogP contribution is 2.46. The third-order valence-corrected chi connectivity index (χ3v) is 4.69. The zero-order valence-electron chi connectivity index (χ0n) is 7.93. The average Bonchev–Trinajstić information content (AvgIpc) is 2.04. The first kappa shape index (κ1) is 12.1. The van der Waals surface area contributed by atoms with Crippen LogP contribution in [0.15, 0.2) is 0 Å². The number of hydrogen-bond donors (Lipinski definition) is 0. The fraction of sp³-hybridized carbons (Fsp3) is 0.750. The SMILES string of the molecule is CCC(C#N)C(C)(C#N)[Si](C)(F)F. The molecule has 0 aliphatic rings. The van der Waals surface area contributed by atoms with E-state index < -0.39 is 19.7 Å². The van der Waals surface area contributed by atoms with E-state index in [0.29, 0.717) is 0 Å². The van der Waals surface area contributed by atoms with Gasteiger partial charge in [-0.25, -0.2) is 0 Å². The molecule has 0 aromatic rings. The Kier molecular flexibility index (Phi) is 3.56. The minimum absolute atomic E-state index is 0.289. The molecule has 0 amide bonds. The number of nitrogens with zero attached hydrogens (tertiary/aromatic N) is 2. The highest BCUT2D eigenvalue weighted by molar-refractivity contribution is 6.69. The molecule has 5 heteroatoms. The molecule has 0 aromatic carbocycles. The van der Waals surface area contributed by atoms with Crippen molar-refractivity contribution in [3.8, 4) is 12.1 Å². The Bertz CT molecular complexity index is 261. The van der Waals surface area contributed by atoms with E-state index in [1.165, 1.54) is 6.92 Å². The highest BCUT2D eigenvalue weighted by Gasteiger charge is 2.55. The van der Waals surface area contributed by atoms with Crippen molar-refractivity contribution in [1.29, 1.82) is 10.5 Å². The van der Waals surface area contributed by atoms with Crippen LogP contribution in [0.2, 0.25) is 11.6 Å². The van der Waals surface area contributed by atoms with E-state index in [1.807, 2.05) is 0 Å². The van der Waals surface area contributed by atoms with Crippen LogP contribution in [0.1, 0.15) is 20.3 Å². The largest absolute Gasteiger partial charge is 0.442 e. The van der Waals surface area contributed by atoms with Crippen LogP contribution in [0.4, 0.5) is 8.22 Å². The summed E-state index contributed by atoms with van der Waals surface area (Å²) in [6.07, 6.45) is 0.289. The quantitative estimate of drug-likeness (QED) is 0.522. The van der Waals surface area contributed by atoms with Crippen LogP contribution in [-0.4, -0.2) is 8.74 Å². The molecule has 2 atom stereocenters. The first-order valence-corrected chi connectivity index (χ1v) is 6.27. The van der Waals surface area contributed by atoms with Crippen molar-refractivity contribution in [3.63, 3.8) is 0 Å². The van der Waals surface area contributed by atoms with Crippen molar-refractivity contribution in [2.75, 3.05) is 0 Å². The third-order valence-electron chi connectivity index (χ3n) is 2.41. The van der Waals surface area contributed by atoms with Gasteiger partial charge in [0.25, 0.3) is 0 Å². The van der Waals surface area contributed by atoms with Crippen LogP contribution in [-0.2, 0) is 0 Å². The molecule has 0 rings (SSSR count). The summed E-state index contributed by atoms with van der Waals surface area (Å²) in [5.74, 6) is -0.871. The summed E-state index contributed by atoms with van der Waals surface area (Å²) in [5.41, 5.74) is 0. The molecular formula is C8H12F2N2Si. The molecular weight excluding hydrogens is 190 g/mol. The van der Waals surface area contributed by atoms with Crippen molar-refractivity contribution < 1.29 is 8.22 Å². The molecule has 0 fully saturated rings. The van der Waals surface area contributed by atoms with E-state index >= 15 is 0 Å². The molecule has 0 heterocycles. The standard InChI is InChI=1S/C8H12F2N2Si/c1-4-7(5-11)8(2,6-12)13(3,9)10/h7H,4H2,1-3H3. The Morgan fingerprint density at radius 2 is 1.92 bits per heavy atom. The van der Waals surface area contributed by atoms with Gasteiger partial charge in [0, 0.05) is 0 Å². The molecule has 0 saturated carbocycles. The fourth-order valence-electron chi connectivity index (χ4n) is 1.11. The maximum Gasteiger partial charge on any atom is 0.442 e. The fourth-order valence-corrected chi connectivity index (χ4v) is 2.19. The molecule has 0 N–H and O–H groups in total. The van der Waals surface area contributed by atoms with Crippen LogP contribution in [0.3, 0.4) is 0 Å². The lowest BCUT2D eigenvalue weighted by Gasteiger charge is -2.29. The van der Waals surface area contributed by atoms with Gasteiger partial charge in [0.15, 0.2) is 0 Å². The van der Waals surface area contributed by atoms with Crippen LogP contribution in [0.25, 0.3) is 0 Å². The Balaban J connectivity index is 5.10. The minimum atomic E-state index is -4.60. The summed E-state index contributed by atoms with van der Waals surface area (Å²) in [5, 5.41) is 15.6. The average molecular weight is 202 g/mol. The van der Waals surface area contributed by atoms with Gasteiger partial charge in [-0.05, 0) is 19.9 Å². The Morgan fingerprint density at radius 3 is 2.00 bits per heavy atom. The van der Waals surface area contributed by atoms with E-state index in [0.717, 1.165) is 6.55 Å². The minimum Gasteiger partial charge on any atom is -0.269 e. The van der Waals surface area contributed by atoms with Gasteiger partial charge in [-0.15, -0.1) is 0 Å². The first-order chi connectivity index (χ1) is 5.83. The lowest BCUT2D eigenvalue weighted by molar-refractivity contribution is 0.433. The summed E-state index contributed by atoms with van der Waals surface area (Å²) in [7, 11) is -4.60. The number of halogens is 2. The Morgan fingerprint density at radius 1 is 1.46 bits per heavy atom. The smallest absolute Gasteiger partial charge is 0.269 e. The number of hydrogen-bond acceptors (Lipinski definition) is 2. The molecule has 0 radical (unpaired) electrons. The number of rotatable bonds is 3. The summed E-state index contributed by atoms with van der Waals surface area (Å²) >= 11 is 0. The second kappa shape index (κ2) is 3.84. The first-order valence-electron chi connectivity index (χ1n) is 4.02. The summed E-state index contributed by atoms with van der Waals surface area (Å²) in [4.78, 5) is 0. The van der Waals surface area contributed by atoms with Crippen molar-refractivity contribution in [2.24, 2.45) is 5.92 Å². The van der Waals surface area contributed by atoms with E-state index in [-0.39, 0.29) is 6.42 Å². The van der Waals surface area contributed by atoms with Gasteiger partial charge in [-0.3, -0.25) is 8.22 Å². The van der Waals surface area contributed by atoms with Crippen molar-refractivity contribution in [1.82, 2.24) is 0 Å². The molecule has 0 aliphatic heterocycles. The van der Waals surface area contributed by atoms with E-state index in [4.69, 9.17) is 10.5 Å². The molecule has 0 saturated heterocycles. The van der Waals surface area contributed by atoms with E-state index in [2.05, 4.69) is 0 Å². The van der Waals surface area contributed by atoms with Gasteiger partial charge in [0.1, 0.15) is 5.04 Å². The molecule has 13 heavy (non-hydrogen) atoms. The normalized spacial score (nSPS) is 18.1. The van der Waals surface area contributed by atoms with E-state index in [9.17, 15) is 8.22 Å². The second-order valence-corrected chi connectivity index (χ2v) is 6.11. The predicted molar refractivity (Wildman–Crippen MR) is 47.2 cm³/mol. The Labute approximate surface area is 78.1 Å². The predicted octanol–water partition coefficient (Wildman–Crippen LogP) is 2.83. The van der Waals surface area contributed by atoms with Gasteiger partial charge in [-0.2, -0.15) is 10.5 Å². The second-order valence-electron chi connectivity index (χ2n) is 3.29. The van der Waals surface area contributed by atoms with Crippen molar-refractivity contribution >= 4 is 8.74 Å². The Hall–Kier alpha value is -0.943. The topological polar surface area (TPSA) is 47.6 Å². The highest BCUT2D eigenvalue weighted by atomic mass is 28.4. The summed E-state index contributed by atoms with van der Waals surface area (Å²) in [6.45, 7) is 3.65. The maximum absolute atomic E-state index is 13.2. The summed E-state index contributed by atoms with van der Waals surface area (Å²) < 4.78 is 26.3. The summed E-state index contributed by atoms with van der Waals surface area (Å²) in [6, 6.07) is 3.39. The molecule has 0 bridgehead atoms. The van der Waals surface area contributed by atoms with Crippen LogP contribution in [0, 0.1) is 28.6 Å². The number of nitriles is 2. The zero-order chi connectivity index (χ0) is 10.7. The van der Waals surface area contributed by atoms with Crippen molar-refractivity contribution in [3.05, 3.63) is 0 Å². The lowest BCUT2D eigenvalue weighted by Crippen LogP contribution is -2.39. The molecule has 0 aromatic heterocycles. The van der Waals surface area contributed by atoms with Crippen LogP contribution < -0.4 is 0 Å². The van der Waals surface area contributed by atoms with E-state index in [1.54, 1.807) is 19.1 Å². The zero-order valence-corrected chi connectivity index (χ0v) is 8.93. The lowest BCUT2D eigenvalue weighted by atomic mass is 9.93. The molecule has 2 nitrogen and oxygen atoms in total. The molecule has 72 valence electrons. The van der Waals surface area contributed by atoms with Crippen LogP contribution in [0.5, 0.6) is 0 Å². The van der Waals surface area contributed by atoms with Crippen molar-refractivity contribution in [2.45, 2.75) is 31.9 Å². The molecule has 2 unspecified atom stereocenters. The van der Waals surface area contributed by atoms with Gasteiger partial charge < -0.3 is 0 Å².